The molecule has 1 saturated carbocycles. The number of hydrogen-bond donors (Lipinski definition) is 2. The van der Waals surface area contributed by atoms with Gasteiger partial charge in [-0.2, -0.15) is 0 Å². The van der Waals surface area contributed by atoms with Crippen molar-refractivity contribution in [1.82, 2.24) is 24.2 Å². The smallest absolute Gasteiger partial charge is 0.245 e. The van der Waals surface area contributed by atoms with Crippen LogP contribution in [0, 0.1) is 0 Å². The second-order valence-electron chi connectivity index (χ2n) is 10.2. The molecule has 11 heteroatoms. The van der Waals surface area contributed by atoms with Gasteiger partial charge in [-0.05, 0) is 93.7 Å². The fourth-order valence-electron chi connectivity index (χ4n) is 5.02. The van der Waals surface area contributed by atoms with Gasteiger partial charge in [0, 0.05) is 11.6 Å². The van der Waals surface area contributed by atoms with E-state index in [0.29, 0.717) is 11.9 Å². The van der Waals surface area contributed by atoms with Gasteiger partial charge in [-0.25, -0.2) is 22.6 Å². The van der Waals surface area contributed by atoms with Crippen LogP contribution in [-0.4, -0.2) is 61.2 Å². The Balaban J connectivity index is 0.00000308. The molecule has 2 fully saturated rings. The Kier molecular flexibility index (Phi) is 7.82. The molecule has 39 heavy (non-hydrogen) atoms. The first-order chi connectivity index (χ1) is 18.4. The molecular weight excluding hydrogens is 536 g/mol. The minimum absolute atomic E-state index is 0. The molecule has 3 heterocycles. The largest absolute Gasteiger partial charge is 0.495 e. The van der Waals surface area contributed by atoms with Crippen LogP contribution >= 0.6 is 12.4 Å². The lowest BCUT2D eigenvalue weighted by Crippen LogP contribution is -2.29. The highest BCUT2D eigenvalue weighted by Gasteiger charge is 2.28. The van der Waals surface area contributed by atoms with E-state index in [2.05, 4.69) is 39.1 Å². The van der Waals surface area contributed by atoms with Gasteiger partial charge in [0.1, 0.15) is 5.75 Å². The number of piperidine rings is 1. The molecule has 206 valence electrons. The summed E-state index contributed by atoms with van der Waals surface area (Å²) in [5, 5.41) is 8.02. The van der Waals surface area contributed by atoms with Gasteiger partial charge in [0.25, 0.3) is 0 Å². The van der Waals surface area contributed by atoms with Gasteiger partial charge in [0.05, 0.1) is 35.1 Å². The van der Waals surface area contributed by atoms with E-state index in [4.69, 9.17) is 9.84 Å². The Bertz CT molecular complexity index is 1580. The normalized spacial score (nSPS) is 16.7. The minimum Gasteiger partial charge on any atom is -0.495 e. The van der Waals surface area contributed by atoms with Crippen LogP contribution < -0.4 is 14.8 Å². The Morgan fingerprint density at radius 1 is 1.00 bits per heavy atom. The number of nitrogens with one attached hydrogen (secondary N) is 2. The van der Waals surface area contributed by atoms with Crippen LogP contribution in [0.25, 0.3) is 16.8 Å². The molecule has 6 rings (SSSR count). The number of methoxy groups -OCH3 is 1. The third-order valence-corrected chi connectivity index (χ3v) is 8.92. The van der Waals surface area contributed by atoms with E-state index in [9.17, 15) is 8.42 Å². The Hall–Kier alpha value is -3.18. The summed E-state index contributed by atoms with van der Waals surface area (Å²) in [6.07, 6.45) is 5.80. The van der Waals surface area contributed by atoms with Crippen molar-refractivity contribution in [1.29, 1.82) is 0 Å². The zero-order valence-corrected chi connectivity index (χ0v) is 23.6. The van der Waals surface area contributed by atoms with Gasteiger partial charge in [-0.3, -0.25) is 0 Å². The van der Waals surface area contributed by atoms with Crippen molar-refractivity contribution in [3.8, 4) is 17.0 Å². The van der Waals surface area contributed by atoms with Gasteiger partial charge in [0.15, 0.2) is 0 Å². The fraction of sp³-hybridized carbons (Fsp3) is 0.357. The average Bonchev–Trinajstić information content (AvgIpc) is 3.63. The highest BCUT2D eigenvalue weighted by molar-refractivity contribution is 7.89. The number of anilines is 2. The minimum atomic E-state index is -3.56. The van der Waals surface area contributed by atoms with E-state index in [0.717, 1.165) is 67.0 Å². The Morgan fingerprint density at radius 2 is 1.79 bits per heavy atom. The van der Waals surface area contributed by atoms with Crippen molar-refractivity contribution in [2.45, 2.75) is 42.5 Å². The van der Waals surface area contributed by atoms with Gasteiger partial charge in [-0.1, -0.05) is 18.2 Å². The van der Waals surface area contributed by atoms with Crippen LogP contribution in [0.2, 0.25) is 0 Å². The lowest BCUT2D eigenvalue weighted by molar-refractivity contribution is 0.255. The van der Waals surface area contributed by atoms with Crippen molar-refractivity contribution in [3.05, 3.63) is 66.4 Å². The van der Waals surface area contributed by atoms with Crippen molar-refractivity contribution in [3.63, 3.8) is 0 Å². The van der Waals surface area contributed by atoms with Gasteiger partial charge >= 0.3 is 0 Å². The predicted octanol–water partition coefficient (Wildman–Crippen LogP) is 4.82. The molecule has 0 unspecified atom stereocenters. The highest BCUT2D eigenvalue weighted by atomic mass is 35.5. The predicted molar refractivity (Wildman–Crippen MR) is 155 cm³/mol. The monoisotopic (exact) mass is 568 g/mol. The Morgan fingerprint density at radius 3 is 2.54 bits per heavy atom. The number of ether oxygens (including phenoxy) is 1. The summed E-state index contributed by atoms with van der Waals surface area (Å²) in [6.45, 7) is 2.21. The maximum atomic E-state index is 12.8. The van der Waals surface area contributed by atoms with E-state index in [1.54, 1.807) is 36.0 Å². The number of benzene rings is 2. The van der Waals surface area contributed by atoms with Gasteiger partial charge in [-0.15, -0.1) is 17.5 Å². The first kappa shape index (κ1) is 27.4. The molecule has 0 radical (unpaired) electrons. The number of fused-ring (bicyclic) bond motifs is 1. The summed E-state index contributed by atoms with van der Waals surface area (Å²) >= 11 is 0. The zero-order valence-electron chi connectivity index (χ0n) is 22.0. The molecule has 9 nitrogen and oxygen atoms in total. The van der Waals surface area contributed by atoms with Crippen LogP contribution in [0.4, 0.5) is 11.6 Å². The molecule has 4 aromatic rings. The second-order valence-corrected chi connectivity index (χ2v) is 11.9. The quantitative estimate of drug-likeness (QED) is 0.314. The maximum absolute atomic E-state index is 12.8. The highest BCUT2D eigenvalue weighted by Crippen LogP contribution is 2.35. The summed E-state index contributed by atoms with van der Waals surface area (Å²) < 4.78 is 35.7. The molecule has 0 atom stereocenters. The van der Waals surface area contributed by atoms with Crippen LogP contribution in [0.5, 0.6) is 5.75 Å². The first-order valence-electron chi connectivity index (χ1n) is 13.0. The number of aromatic nitrogens is 3. The number of likely N-dealkylation sites (tertiary alicyclic amines) is 1. The third-order valence-electron chi connectivity index (χ3n) is 7.40. The topological polar surface area (TPSA) is 101 Å². The average molecular weight is 569 g/mol. The fourth-order valence-corrected chi connectivity index (χ4v) is 6.37. The SMILES string of the molecule is COc1cc(C2CCN(C)CC2)ccc1Nc1ncc2ccc(-c3cccc(S(=O)(=O)NC4CC4)c3)n2n1.Cl. The van der Waals surface area contributed by atoms with Gasteiger partial charge < -0.3 is 15.0 Å². The molecule has 0 amide bonds. The molecular formula is C28H33ClN6O3S. The lowest BCUT2D eigenvalue weighted by Gasteiger charge is -2.29. The molecule has 2 aromatic heterocycles. The van der Waals surface area contributed by atoms with E-state index < -0.39 is 10.0 Å². The Labute approximate surface area is 235 Å². The molecule has 1 aliphatic carbocycles. The summed E-state index contributed by atoms with van der Waals surface area (Å²) in [7, 11) is 0.286. The van der Waals surface area contributed by atoms with Crippen molar-refractivity contribution in [2.24, 2.45) is 0 Å². The first-order valence-corrected chi connectivity index (χ1v) is 14.5. The number of sulfonamides is 1. The van der Waals surface area contributed by atoms with E-state index >= 15 is 0 Å². The number of hydrogen-bond acceptors (Lipinski definition) is 7. The van der Waals surface area contributed by atoms with Crippen molar-refractivity contribution >= 4 is 39.6 Å². The van der Waals surface area contributed by atoms with E-state index in [1.165, 1.54) is 5.56 Å². The standard InChI is InChI=1S/C28H32N6O3S.ClH/c1-33-14-12-19(13-15-33)20-6-10-25(27(17-20)37-2)30-28-29-18-23-9-11-26(34(23)31-28)21-4-3-5-24(16-21)38(35,36)32-22-7-8-22;/h3-6,9-11,16-19,22,32H,7-8,12-15H2,1-2H3,(H,30,31);1H. The number of nitrogens with zero attached hydrogens (tertiary/aromatic N) is 4. The summed E-state index contributed by atoms with van der Waals surface area (Å²) in [6, 6.07) is 17.1. The van der Waals surface area contributed by atoms with Crippen molar-refractivity contribution < 1.29 is 13.2 Å². The second kappa shape index (κ2) is 11.1. The van der Waals surface area contributed by atoms with Crippen LogP contribution in [0.3, 0.4) is 0 Å². The maximum Gasteiger partial charge on any atom is 0.245 e. The molecule has 0 bridgehead atoms. The van der Waals surface area contributed by atoms with Gasteiger partial charge in [0.2, 0.25) is 16.0 Å². The van der Waals surface area contributed by atoms with Crippen LogP contribution in [0.1, 0.15) is 37.2 Å². The van der Waals surface area contributed by atoms with Crippen LogP contribution in [-0.2, 0) is 10.0 Å². The summed E-state index contributed by atoms with van der Waals surface area (Å²) in [4.78, 5) is 7.11. The molecule has 1 aliphatic heterocycles. The summed E-state index contributed by atoms with van der Waals surface area (Å²) in [5.74, 6) is 1.70. The molecule has 2 aromatic carbocycles. The van der Waals surface area contributed by atoms with E-state index in [-0.39, 0.29) is 23.3 Å². The molecule has 1 saturated heterocycles. The summed E-state index contributed by atoms with van der Waals surface area (Å²) in [5.41, 5.74) is 4.42. The molecule has 2 aliphatic rings. The third kappa shape index (κ3) is 5.89. The molecule has 2 N–H and O–H groups in total. The zero-order chi connectivity index (χ0) is 26.3. The van der Waals surface area contributed by atoms with Crippen LogP contribution in [0.15, 0.2) is 65.7 Å². The number of rotatable bonds is 8. The van der Waals surface area contributed by atoms with E-state index in [1.807, 2.05) is 24.3 Å². The van der Waals surface area contributed by atoms with Crippen molar-refractivity contribution in [2.75, 3.05) is 32.6 Å². The lowest BCUT2D eigenvalue weighted by atomic mass is 9.89. The molecule has 0 spiro atoms. The number of halogens is 1.